The second kappa shape index (κ2) is 7.56. The molecule has 4 rings (SSSR count). The summed E-state index contributed by atoms with van der Waals surface area (Å²) in [5.74, 6) is 1.12. The standard InChI is InChI=1S/C20H23Cl2N3O2S/c1-11-17-18(14-5-4-12(21)8-15(14)22)28-10-16(26)23-19(17)25(24-11)13-6-7-27-20(2,3)9-13/h4-5,8,13,18H,6-7,9-10H2,1-3H3,(H,23,26)/t13-,18-/m0/s1. The number of halogens is 2. The maximum Gasteiger partial charge on any atom is 0.235 e. The van der Waals surface area contributed by atoms with Crippen LogP contribution in [-0.4, -0.2) is 33.6 Å². The average Bonchev–Trinajstić information content (AvgIpc) is 2.81. The van der Waals surface area contributed by atoms with E-state index in [0.29, 0.717) is 22.4 Å². The van der Waals surface area contributed by atoms with Crippen LogP contribution in [-0.2, 0) is 9.53 Å². The van der Waals surface area contributed by atoms with Crippen molar-refractivity contribution in [2.24, 2.45) is 0 Å². The highest BCUT2D eigenvalue weighted by molar-refractivity contribution is 8.00. The Morgan fingerprint density at radius 3 is 2.86 bits per heavy atom. The summed E-state index contributed by atoms with van der Waals surface area (Å²) in [6.07, 6.45) is 1.71. The first-order valence-electron chi connectivity index (χ1n) is 9.34. The maximum atomic E-state index is 12.5. The molecule has 1 saturated heterocycles. The highest BCUT2D eigenvalue weighted by atomic mass is 35.5. The van der Waals surface area contributed by atoms with Gasteiger partial charge in [-0.1, -0.05) is 29.3 Å². The van der Waals surface area contributed by atoms with Crippen molar-refractivity contribution in [3.63, 3.8) is 0 Å². The van der Waals surface area contributed by atoms with Crippen LogP contribution in [0.4, 0.5) is 5.82 Å². The van der Waals surface area contributed by atoms with Gasteiger partial charge in [-0.3, -0.25) is 4.79 Å². The molecule has 8 heteroatoms. The lowest BCUT2D eigenvalue weighted by molar-refractivity contribution is -0.113. The number of benzene rings is 1. The highest BCUT2D eigenvalue weighted by Gasteiger charge is 2.36. The average molecular weight is 440 g/mol. The minimum Gasteiger partial charge on any atom is -0.375 e. The lowest BCUT2D eigenvalue weighted by Crippen LogP contribution is -2.36. The summed E-state index contributed by atoms with van der Waals surface area (Å²) in [6.45, 7) is 6.87. The van der Waals surface area contributed by atoms with Crippen molar-refractivity contribution < 1.29 is 9.53 Å². The number of ether oxygens (including phenoxy) is 1. The summed E-state index contributed by atoms with van der Waals surface area (Å²) in [5.41, 5.74) is 2.66. The van der Waals surface area contributed by atoms with Gasteiger partial charge in [0.1, 0.15) is 5.82 Å². The van der Waals surface area contributed by atoms with Crippen molar-refractivity contribution in [2.75, 3.05) is 17.7 Å². The van der Waals surface area contributed by atoms with Crippen molar-refractivity contribution in [3.05, 3.63) is 45.1 Å². The van der Waals surface area contributed by atoms with Crippen LogP contribution in [0.2, 0.25) is 10.0 Å². The van der Waals surface area contributed by atoms with Crippen LogP contribution >= 0.6 is 35.0 Å². The fourth-order valence-electron chi connectivity index (χ4n) is 4.04. The number of amides is 1. The molecule has 0 aliphatic carbocycles. The molecule has 2 aliphatic rings. The van der Waals surface area contributed by atoms with Gasteiger partial charge in [-0.25, -0.2) is 4.68 Å². The summed E-state index contributed by atoms with van der Waals surface area (Å²) < 4.78 is 7.86. The third kappa shape index (κ3) is 3.80. The number of hydrogen-bond donors (Lipinski definition) is 1. The Hall–Kier alpha value is -1.21. The van der Waals surface area contributed by atoms with E-state index < -0.39 is 0 Å². The van der Waals surface area contributed by atoms with Crippen LogP contribution in [0.3, 0.4) is 0 Å². The second-order valence-electron chi connectivity index (χ2n) is 7.95. The first kappa shape index (κ1) is 20.1. The Kier molecular flexibility index (Phi) is 5.42. The van der Waals surface area contributed by atoms with Gasteiger partial charge >= 0.3 is 0 Å². The van der Waals surface area contributed by atoms with E-state index in [9.17, 15) is 4.79 Å². The predicted octanol–water partition coefficient (Wildman–Crippen LogP) is 5.40. The van der Waals surface area contributed by atoms with Gasteiger partial charge < -0.3 is 10.1 Å². The Bertz CT molecular complexity index is 928. The topological polar surface area (TPSA) is 56.2 Å². The zero-order valence-electron chi connectivity index (χ0n) is 16.1. The summed E-state index contributed by atoms with van der Waals surface area (Å²) in [5, 5.41) is 9.06. The zero-order valence-corrected chi connectivity index (χ0v) is 18.4. The van der Waals surface area contributed by atoms with E-state index >= 15 is 0 Å². The van der Waals surface area contributed by atoms with Crippen LogP contribution in [0.15, 0.2) is 18.2 Å². The minimum absolute atomic E-state index is 0.0219. The smallest absolute Gasteiger partial charge is 0.235 e. The van der Waals surface area contributed by atoms with Gasteiger partial charge in [-0.05, 0) is 51.3 Å². The molecule has 1 aromatic carbocycles. The van der Waals surface area contributed by atoms with Gasteiger partial charge in [0.2, 0.25) is 5.91 Å². The molecule has 1 aromatic heterocycles. The fraction of sp³-hybridized carbons (Fsp3) is 0.500. The predicted molar refractivity (Wildman–Crippen MR) is 115 cm³/mol. The molecule has 150 valence electrons. The molecule has 1 N–H and O–H groups in total. The Morgan fingerprint density at radius 2 is 2.14 bits per heavy atom. The number of aryl methyl sites for hydroxylation is 1. The second-order valence-corrected chi connectivity index (χ2v) is 9.89. The molecule has 28 heavy (non-hydrogen) atoms. The molecule has 1 amide bonds. The quantitative estimate of drug-likeness (QED) is 0.679. The van der Waals surface area contributed by atoms with Crippen LogP contribution in [0, 0.1) is 6.92 Å². The fourth-order valence-corrected chi connectivity index (χ4v) is 5.85. The van der Waals surface area contributed by atoms with Crippen LogP contribution < -0.4 is 5.32 Å². The molecule has 0 spiro atoms. The van der Waals surface area contributed by atoms with E-state index in [2.05, 4.69) is 19.2 Å². The third-order valence-corrected chi connectivity index (χ3v) is 7.11. The number of nitrogens with one attached hydrogen (secondary N) is 1. The molecule has 5 nitrogen and oxygen atoms in total. The Morgan fingerprint density at radius 1 is 1.36 bits per heavy atom. The lowest BCUT2D eigenvalue weighted by atomic mass is 9.94. The van der Waals surface area contributed by atoms with Crippen LogP contribution in [0.25, 0.3) is 0 Å². The Labute approximate surface area is 179 Å². The van der Waals surface area contributed by atoms with Gasteiger partial charge in [0.15, 0.2) is 0 Å². The van der Waals surface area contributed by atoms with Crippen LogP contribution in [0.1, 0.15) is 54.8 Å². The van der Waals surface area contributed by atoms with E-state index in [1.807, 2.05) is 23.7 Å². The number of rotatable bonds is 2. The number of hydrogen-bond acceptors (Lipinski definition) is 4. The molecule has 2 aliphatic heterocycles. The van der Waals surface area contributed by atoms with Crippen molar-refractivity contribution in [1.29, 1.82) is 0 Å². The summed E-state index contributed by atoms with van der Waals surface area (Å²) in [7, 11) is 0. The SMILES string of the molecule is Cc1nn([C@H]2CCOC(C)(C)C2)c2c1[C@H](c1ccc(Cl)cc1Cl)SCC(=O)N2. The first-order chi connectivity index (χ1) is 13.2. The van der Waals surface area contributed by atoms with Crippen molar-refractivity contribution in [2.45, 2.75) is 50.5 Å². The molecule has 0 saturated carbocycles. The molecular weight excluding hydrogens is 417 g/mol. The minimum atomic E-state index is -0.210. The normalized spacial score (nSPS) is 24.4. The summed E-state index contributed by atoms with van der Waals surface area (Å²) in [4.78, 5) is 12.5. The number of fused-ring (bicyclic) bond motifs is 1. The number of thioether (sulfide) groups is 1. The largest absolute Gasteiger partial charge is 0.375 e. The van der Waals surface area contributed by atoms with E-state index in [0.717, 1.165) is 35.5 Å². The van der Waals surface area contributed by atoms with E-state index in [-0.39, 0.29) is 22.8 Å². The number of carbonyl (C=O) groups is 1. The van der Waals surface area contributed by atoms with Crippen molar-refractivity contribution in [1.82, 2.24) is 9.78 Å². The molecule has 2 atom stereocenters. The molecule has 0 radical (unpaired) electrons. The van der Waals surface area contributed by atoms with Gasteiger partial charge in [0, 0.05) is 22.2 Å². The van der Waals surface area contributed by atoms with Gasteiger partial charge in [-0.2, -0.15) is 5.10 Å². The monoisotopic (exact) mass is 439 g/mol. The third-order valence-electron chi connectivity index (χ3n) is 5.29. The number of carbonyl (C=O) groups excluding carboxylic acids is 1. The van der Waals surface area contributed by atoms with Crippen molar-refractivity contribution >= 4 is 46.7 Å². The van der Waals surface area contributed by atoms with E-state index in [1.54, 1.807) is 17.8 Å². The molecule has 1 fully saturated rings. The summed E-state index contributed by atoms with van der Waals surface area (Å²) in [6, 6.07) is 5.70. The van der Waals surface area contributed by atoms with E-state index in [1.165, 1.54) is 0 Å². The lowest BCUT2D eigenvalue weighted by Gasteiger charge is -2.36. The van der Waals surface area contributed by atoms with Gasteiger partial charge in [-0.15, -0.1) is 11.8 Å². The maximum absolute atomic E-state index is 12.5. The number of aromatic nitrogens is 2. The molecular formula is C20H23Cl2N3O2S. The van der Waals surface area contributed by atoms with Gasteiger partial charge in [0.05, 0.1) is 28.3 Å². The van der Waals surface area contributed by atoms with Crippen LogP contribution in [0.5, 0.6) is 0 Å². The molecule has 0 bridgehead atoms. The molecule has 2 aromatic rings. The first-order valence-corrected chi connectivity index (χ1v) is 11.1. The Balaban J connectivity index is 1.81. The van der Waals surface area contributed by atoms with Gasteiger partial charge in [0.25, 0.3) is 0 Å². The highest BCUT2D eigenvalue weighted by Crippen LogP contribution is 2.47. The molecule has 0 unspecified atom stereocenters. The summed E-state index contributed by atoms with van der Waals surface area (Å²) >= 11 is 14.2. The number of anilines is 1. The molecule has 3 heterocycles. The van der Waals surface area contributed by atoms with Crippen molar-refractivity contribution in [3.8, 4) is 0 Å². The van der Waals surface area contributed by atoms with E-state index in [4.69, 9.17) is 33.0 Å². The zero-order chi connectivity index (χ0) is 20.1. The number of nitrogens with zero attached hydrogens (tertiary/aromatic N) is 2.